The molecule has 4 heterocycles. The number of aromatic amines is 1. The van der Waals surface area contributed by atoms with Crippen LogP contribution in [0.3, 0.4) is 0 Å². The van der Waals surface area contributed by atoms with Gasteiger partial charge in [0, 0.05) is 44.8 Å². The van der Waals surface area contributed by atoms with E-state index >= 15 is 0 Å². The van der Waals surface area contributed by atoms with Crippen LogP contribution in [0.1, 0.15) is 24.5 Å². The molecule has 8 heteroatoms. The number of nitrogens with zero attached hydrogens (tertiary/aromatic N) is 3. The van der Waals surface area contributed by atoms with E-state index in [2.05, 4.69) is 9.97 Å². The standard InChI is InChI=1S/C17H24N4O4/c22-15-9-14(18-17(19-15)20-4-7-24-8-5-20)12-1-3-21(10-12)16(23)13-2-6-25-11-13/h9,12-13H,1-8,10-11H2,(H,18,19,22). The molecule has 0 aromatic carbocycles. The van der Waals surface area contributed by atoms with Gasteiger partial charge in [-0.25, -0.2) is 4.98 Å². The van der Waals surface area contributed by atoms with E-state index in [0.29, 0.717) is 38.9 Å². The van der Waals surface area contributed by atoms with Crippen LogP contribution in [0.5, 0.6) is 0 Å². The summed E-state index contributed by atoms with van der Waals surface area (Å²) < 4.78 is 10.7. The Labute approximate surface area is 146 Å². The lowest BCUT2D eigenvalue weighted by Crippen LogP contribution is -2.38. The number of carbonyl (C=O) groups excluding carboxylic acids is 1. The van der Waals surface area contributed by atoms with Crippen LogP contribution in [0, 0.1) is 5.92 Å². The summed E-state index contributed by atoms with van der Waals surface area (Å²) >= 11 is 0. The Morgan fingerprint density at radius 3 is 2.76 bits per heavy atom. The number of ether oxygens (including phenoxy) is 2. The number of carbonyl (C=O) groups is 1. The van der Waals surface area contributed by atoms with Crippen molar-refractivity contribution in [3.63, 3.8) is 0 Å². The number of likely N-dealkylation sites (tertiary alicyclic amines) is 1. The number of aromatic nitrogens is 2. The Morgan fingerprint density at radius 1 is 1.16 bits per heavy atom. The van der Waals surface area contributed by atoms with Gasteiger partial charge in [0.2, 0.25) is 11.9 Å². The van der Waals surface area contributed by atoms with E-state index in [4.69, 9.17) is 9.47 Å². The van der Waals surface area contributed by atoms with E-state index in [9.17, 15) is 9.59 Å². The molecule has 3 saturated heterocycles. The van der Waals surface area contributed by atoms with Gasteiger partial charge in [-0.05, 0) is 12.8 Å². The Hall–Kier alpha value is -1.93. The highest BCUT2D eigenvalue weighted by molar-refractivity contribution is 5.79. The van der Waals surface area contributed by atoms with Crippen molar-refractivity contribution in [2.45, 2.75) is 18.8 Å². The van der Waals surface area contributed by atoms with Crippen LogP contribution in [-0.2, 0) is 14.3 Å². The lowest BCUT2D eigenvalue weighted by molar-refractivity contribution is -0.134. The van der Waals surface area contributed by atoms with E-state index in [0.717, 1.165) is 38.2 Å². The molecule has 2 unspecified atom stereocenters. The smallest absolute Gasteiger partial charge is 0.252 e. The summed E-state index contributed by atoms with van der Waals surface area (Å²) in [6.45, 7) is 5.30. The number of amides is 1. The Kier molecular flexibility index (Phi) is 4.72. The molecule has 4 rings (SSSR count). The zero-order chi connectivity index (χ0) is 17.2. The van der Waals surface area contributed by atoms with Crippen molar-refractivity contribution in [2.75, 3.05) is 57.5 Å². The van der Waals surface area contributed by atoms with Crippen molar-refractivity contribution >= 4 is 11.9 Å². The van der Waals surface area contributed by atoms with E-state index < -0.39 is 0 Å². The molecule has 0 radical (unpaired) electrons. The molecule has 136 valence electrons. The molecule has 2 atom stereocenters. The average molecular weight is 348 g/mol. The van der Waals surface area contributed by atoms with Gasteiger partial charge in [0.05, 0.1) is 31.4 Å². The normalized spacial score (nSPS) is 27.0. The van der Waals surface area contributed by atoms with Gasteiger partial charge in [-0.15, -0.1) is 0 Å². The Morgan fingerprint density at radius 2 is 2.00 bits per heavy atom. The Balaban J connectivity index is 1.47. The highest BCUT2D eigenvalue weighted by atomic mass is 16.5. The molecule has 25 heavy (non-hydrogen) atoms. The summed E-state index contributed by atoms with van der Waals surface area (Å²) in [5.74, 6) is 0.904. The molecular weight excluding hydrogens is 324 g/mol. The number of anilines is 1. The van der Waals surface area contributed by atoms with Crippen molar-refractivity contribution in [3.8, 4) is 0 Å². The summed E-state index contributed by atoms with van der Waals surface area (Å²) in [7, 11) is 0. The molecule has 0 saturated carbocycles. The minimum Gasteiger partial charge on any atom is -0.381 e. The van der Waals surface area contributed by atoms with E-state index in [1.165, 1.54) is 0 Å². The number of rotatable bonds is 3. The second-order valence-electron chi connectivity index (χ2n) is 6.92. The molecule has 8 nitrogen and oxygen atoms in total. The van der Waals surface area contributed by atoms with Crippen molar-refractivity contribution in [3.05, 3.63) is 22.1 Å². The Bertz CT molecular complexity index is 679. The van der Waals surface area contributed by atoms with Gasteiger partial charge in [0.15, 0.2) is 0 Å². The van der Waals surface area contributed by atoms with Crippen LogP contribution in [0.2, 0.25) is 0 Å². The van der Waals surface area contributed by atoms with Crippen molar-refractivity contribution < 1.29 is 14.3 Å². The number of hydrogen-bond acceptors (Lipinski definition) is 6. The van der Waals surface area contributed by atoms with Gasteiger partial charge in [-0.3, -0.25) is 14.6 Å². The van der Waals surface area contributed by atoms with Gasteiger partial charge in [0.1, 0.15) is 0 Å². The van der Waals surface area contributed by atoms with Crippen LogP contribution in [0.4, 0.5) is 5.95 Å². The third kappa shape index (κ3) is 3.55. The van der Waals surface area contributed by atoms with E-state index in [1.807, 2.05) is 9.80 Å². The molecule has 0 bridgehead atoms. The average Bonchev–Trinajstić information content (AvgIpc) is 3.33. The molecule has 1 aromatic heterocycles. The lowest BCUT2D eigenvalue weighted by atomic mass is 10.0. The van der Waals surface area contributed by atoms with E-state index in [-0.39, 0.29) is 23.3 Å². The summed E-state index contributed by atoms with van der Waals surface area (Å²) in [5.41, 5.74) is 0.642. The topological polar surface area (TPSA) is 87.8 Å². The highest BCUT2D eigenvalue weighted by Gasteiger charge is 2.34. The first-order chi connectivity index (χ1) is 12.2. The maximum absolute atomic E-state index is 12.5. The minimum atomic E-state index is -0.138. The molecular formula is C17H24N4O4. The number of morpholine rings is 1. The van der Waals surface area contributed by atoms with Crippen molar-refractivity contribution in [2.24, 2.45) is 5.92 Å². The third-order valence-corrected chi connectivity index (χ3v) is 5.26. The second-order valence-corrected chi connectivity index (χ2v) is 6.92. The first kappa shape index (κ1) is 16.5. The van der Waals surface area contributed by atoms with Gasteiger partial charge in [-0.2, -0.15) is 0 Å². The highest BCUT2D eigenvalue weighted by Crippen LogP contribution is 2.28. The van der Waals surface area contributed by atoms with Crippen LogP contribution in [0.25, 0.3) is 0 Å². The largest absolute Gasteiger partial charge is 0.381 e. The maximum Gasteiger partial charge on any atom is 0.252 e. The minimum absolute atomic E-state index is 0.00482. The van der Waals surface area contributed by atoms with Gasteiger partial charge < -0.3 is 19.3 Å². The van der Waals surface area contributed by atoms with Crippen molar-refractivity contribution in [1.29, 1.82) is 0 Å². The monoisotopic (exact) mass is 348 g/mol. The lowest BCUT2D eigenvalue weighted by Gasteiger charge is -2.27. The summed E-state index contributed by atoms with van der Waals surface area (Å²) in [6.07, 6.45) is 1.66. The number of nitrogens with one attached hydrogen (secondary N) is 1. The van der Waals surface area contributed by atoms with Gasteiger partial charge >= 0.3 is 0 Å². The fourth-order valence-corrected chi connectivity index (χ4v) is 3.79. The SMILES string of the molecule is O=C(C1CCOC1)N1CCC(c2cc(=O)[nH]c(N3CCOCC3)n2)C1. The van der Waals surface area contributed by atoms with Gasteiger partial charge in [0.25, 0.3) is 5.56 Å². The van der Waals surface area contributed by atoms with Crippen LogP contribution >= 0.6 is 0 Å². The molecule has 1 aromatic rings. The molecule has 1 amide bonds. The fraction of sp³-hybridized carbons (Fsp3) is 0.706. The predicted octanol–water partition coefficient (Wildman–Crippen LogP) is -0.0411. The summed E-state index contributed by atoms with van der Waals surface area (Å²) in [6, 6.07) is 1.57. The molecule has 3 fully saturated rings. The quantitative estimate of drug-likeness (QED) is 0.825. The second kappa shape index (κ2) is 7.13. The maximum atomic E-state index is 12.5. The third-order valence-electron chi connectivity index (χ3n) is 5.26. The first-order valence-electron chi connectivity index (χ1n) is 9.01. The number of hydrogen-bond donors (Lipinski definition) is 1. The molecule has 0 aliphatic carbocycles. The molecule has 3 aliphatic rings. The zero-order valence-electron chi connectivity index (χ0n) is 14.3. The fourth-order valence-electron chi connectivity index (χ4n) is 3.79. The van der Waals surface area contributed by atoms with E-state index in [1.54, 1.807) is 6.07 Å². The molecule has 3 aliphatic heterocycles. The number of H-pyrrole nitrogens is 1. The zero-order valence-corrected chi connectivity index (χ0v) is 14.3. The van der Waals surface area contributed by atoms with Crippen LogP contribution in [-0.4, -0.2) is 73.4 Å². The molecule has 1 N–H and O–H groups in total. The van der Waals surface area contributed by atoms with Crippen LogP contribution in [0.15, 0.2) is 10.9 Å². The van der Waals surface area contributed by atoms with Gasteiger partial charge in [-0.1, -0.05) is 0 Å². The first-order valence-corrected chi connectivity index (χ1v) is 9.01. The van der Waals surface area contributed by atoms with Crippen molar-refractivity contribution in [1.82, 2.24) is 14.9 Å². The summed E-state index contributed by atoms with van der Waals surface area (Å²) in [4.78, 5) is 36.1. The molecule has 0 spiro atoms. The predicted molar refractivity (Wildman–Crippen MR) is 90.8 cm³/mol. The summed E-state index contributed by atoms with van der Waals surface area (Å²) in [5, 5.41) is 0. The van der Waals surface area contributed by atoms with Crippen LogP contribution < -0.4 is 10.5 Å².